The van der Waals surface area contributed by atoms with Crippen LogP contribution in [0.1, 0.15) is 36.7 Å². The quantitative estimate of drug-likeness (QED) is 0.550. The van der Waals surface area contributed by atoms with Gasteiger partial charge in [-0.15, -0.1) is 0 Å². The second-order valence-corrected chi connectivity index (χ2v) is 6.17. The van der Waals surface area contributed by atoms with Crippen molar-refractivity contribution in [1.82, 2.24) is 20.1 Å². The van der Waals surface area contributed by atoms with E-state index in [9.17, 15) is 4.39 Å². The van der Waals surface area contributed by atoms with Gasteiger partial charge in [0, 0.05) is 11.8 Å². The topological polar surface area (TPSA) is 76.7 Å². The molecule has 0 saturated carbocycles. The maximum atomic E-state index is 13.8. The van der Waals surface area contributed by atoms with E-state index in [4.69, 9.17) is 4.52 Å². The number of nitrogens with zero attached hydrogens (tertiary/aromatic N) is 4. The fraction of sp³-hybridized carbons (Fsp3) is 0.200. The molecule has 0 radical (unpaired) electrons. The lowest BCUT2D eigenvalue weighted by molar-refractivity contribution is 0.371. The Bertz CT molecular complexity index is 1050. The molecule has 27 heavy (non-hydrogen) atoms. The van der Waals surface area contributed by atoms with Gasteiger partial charge in [0.1, 0.15) is 24.0 Å². The smallest absolute Gasteiger partial charge is 0.226 e. The highest BCUT2D eigenvalue weighted by atomic mass is 19.1. The molecule has 2 heterocycles. The van der Waals surface area contributed by atoms with E-state index in [-0.39, 0.29) is 11.9 Å². The summed E-state index contributed by atoms with van der Waals surface area (Å²) in [6.45, 7) is 2.05. The maximum Gasteiger partial charge on any atom is 0.226 e. The number of halogens is 1. The van der Waals surface area contributed by atoms with Gasteiger partial charge in [0.2, 0.25) is 5.89 Å². The summed E-state index contributed by atoms with van der Waals surface area (Å²) >= 11 is 0. The van der Waals surface area contributed by atoms with E-state index in [1.165, 1.54) is 18.5 Å². The molecule has 136 valence electrons. The summed E-state index contributed by atoms with van der Waals surface area (Å²) in [5, 5.41) is 8.07. The summed E-state index contributed by atoms with van der Waals surface area (Å²) in [6.07, 6.45) is 3.08. The first-order valence-electron chi connectivity index (χ1n) is 8.79. The van der Waals surface area contributed by atoms with Crippen LogP contribution in [0.5, 0.6) is 0 Å². The van der Waals surface area contributed by atoms with E-state index in [1.807, 2.05) is 30.3 Å². The van der Waals surface area contributed by atoms with Gasteiger partial charge in [0.25, 0.3) is 0 Å². The van der Waals surface area contributed by atoms with Crippen LogP contribution in [0.25, 0.3) is 10.9 Å². The van der Waals surface area contributed by atoms with E-state index in [1.54, 1.807) is 6.07 Å². The molecule has 2 aromatic heterocycles. The molecular formula is C20H18FN5O. The summed E-state index contributed by atoms with van der Waals surface area (Å²) in [5.41, 5.74) is 1.60. The zero-order chi connectivity index (χ0) is 18.6. The predicted octanol–water partition coefficient (Wildman–Crippen LogP) is 4.31. The van der Waals surface area contributed by atoms with Gasteiger partial charge in [-0.3, -0.25) is 0 Å². The number of benzene rings is 2. The summed E-state index contributed by atoms with van der Waals surface area (Å²) in [7, 11) is 0. The van der Waals surface area contributed by atoms with E-state index >= 15 is 0 Å². The van der Waals surface area contributed by atoms with Gasteiger partial charge >= 0.3 is 0 Å². The third-order valence-electron chi connectivity index (χ3n) is 4.22. The van der Waals surface area contributed by atoms with Crippen LogP contribution in [0.4, 0.5) is 10.2 Å². The van der Waals surface area contributed by atoms with Crippen LogP contribution < -0.4 is 5.32 Å². The van der Waals surface area contributed by atoms with Gasteiger partial charge in [-0.25, -0.2) is 14.4 Å². The number of hydrogen-bond acceptors (Lipinski definition) is 6. The Morgan fingerprint density at radius 2 is 1.96 bits per heavy atom. The number of fused-ring (bicyclic) bond motifs is 1. The van der Waals surface area contributed by atoms with Gasteiger partial charge < -0.3 is 9.84 Å². The Balaban J connectivity index is 1.77. The molecule has 0 bridgehead atoms. The highest BCUT2D eigenvalue weighted by molar-refractivity contribution is 5.89. The van der Waals surface area contributed by atoms with Crippen molar-refractivity contribution < 1.29 is 8.91 Å². The molecule has 1 atom stereocenters. The lowest BCUT2D eigenvalue weighted by atomic mass is 10.1. The normalized spacial score (nSPS) is 12.2. The van der Waals surface area contributed by atoms with Gasteiger partial charge in [0.15, 0.2) is 5.82 Å². The van der Waals surface area contributed by atoms with Crippen molar-refractivity contribution in [2.45, 2.75) is 25.8 Å². The first kappa shape index (κ1) is 17.1. The minimum Gasteiger partial charge on any atom is -0.355 e. The Morgan fingerprint density at radius 3 is 2.78 bits per heavy atom. The number of rotatable bonds is 6. The largest absolute Gasteiger partial charge is 0.355 e. The summed E-state index contributed by atoms with van der Waals surface area (Å²) in [4.78, 5) is 13.0. The highest BCUT2D eigenvalue weighted by Crippen LogP contribution is 2.28. The molecule has 2 aromatic carbocycles. The molecule has 0 aliphatic rings. The molecule has 0 fully saturated rings. The average molecular weight is 363 g/mol. The fourth-order valence-electron chi connectivity index (χ4n) is 2.92. The van der Waals surface area contributed by atoms with Crippen molar-refractivity contribution in [3.63, 3.8) is 0 Å². The minimum atomic E-state index is -0.387. The van der Waals surface area contributed by atoms with Crippen molar-refractivity contribution in [3.05, 3.63) is 78.0 Å². The summed E-state index contributed by atoms with van der Waals surface area (Å²) in [6, 6.07) is 13.8. The Morgan fingerprint density at radius 1 is 1.11 bits per heavy atom. The summed E-state index contributed by atoms with van der Waals surface area (Å²) < 4.78 is 19.1. The second kappa shape index (κ2) is 7.49. The molecule has 6 nitrogen and oxygen atoms in total. The van der Waals surface area contributed by atoms with Crippen molar-refractivity contribution in [1.29, 1.82) is 0 Å². The molecular weight excluding hydrogens is 345 g/mol. The molecule has 0 saturated heterocycles. The van der Waals surface area contributed by atoms with E-state index in [0.717, 1.165) is 18.4 Å². The van der Waals surface area contributed by atoms with Crippen LogP contribution in [-0.2, 0) is 6.42 Å². The molecule has 1 unspecified atom stereocenters. The lowest BCUT2D eigenvalue weighted by Crippen LogP contribution is -2.15. The fourth-order valence-corrected chi connectivity index (χ4v) is 2.92. The molecule has 1 N–H and O–H groups in total. The number of hydrogen-bond donors (Lipinski definition) is 1. The SMILES string of the molecule is CCCc1nc(C(Nc2ncnc3ccc(F)cc23)c2ccccc2)no1. The van der Waals surface area contributed by atoms with E-state index < -0.39 is 0 Å². The van der Waals surface area contributed by atoms with Crippen LogP contribution in [0.3, 0.4) is 0 Å². The Labute approximate surface area is 155 Å². The Hall–Kier alpha value is -3.35. The molecule has 0 amide bonds. The molecule has 0 spiro atoms. The van der Waals surface area contributed by atoms with Crippen LogP contribution >= 0.6 is 0 Å². The van der Waals surface area contributed by atoms with E-state index in [0.29, 0.717) is 28.4 Å². The molecule has 4 rings (SSSR count). The van der Waals surface area contributed by atoms with Crippen molar-refractivity contribution in [3.8, 4) is 0 Å². The third kappa shape index (κ3) is 3.62. The Kier molecular flexibility index (Phi) is 4.74. The van der Waals surface area contributed by atoms with Crippen molar-refractivity contribution in [2.75, 3.05) is 5.32 Å². The summed E-state index contributed by atoms with van der Waals surface area (Å²) in [5.74, 6) is 1.26. The number of aryl methyl sites for hydroxylation is 1. The standard InChI is InChI=1S/C20H18FN5O/c1-2-6-17-24-20(26-27-17)18(13-7-4-3-5-8-13)25-19-15-11-14(21)9-10-16(15)22-12-23-19/h3-5,7-12,18H,2,6H2,1H3,(H,22,23,25). The lowest BCUT2D eigenvalue weighted by Gasteiger charge is -2.17. The molecule has 0 aliphatic heterocycles. The van der Waals surface area contributed by atoms with Gasteiger partial charge in [0.05, 0.1) is 5.52 Å². The average Bonchev–Trinajstić information content (AvgIpc) is 3.15. The van der Waals surface area contributed by atoms with Gasteiger partial charge in [-0.05, 0) is 30.2 Å². The zero-order valence-corrected chi connectivity index (χ0v) is 14.8. The molecule has 4 aromatic rings. The predicted molar refractivity (Wildman–Crippen MR) is 99.7 cm³/mol. The van der Waals surface area contributed by atoms with E-state index in [2.05, 4.69) is 32.3 Å². The van der Waals surface area contributed by atoms with Crippen molar-refractivity contribution in [2.24, 2.45) is 0 Å². The van der Waals surface area contributed by atoms with Gasteiger partial charge in [-0.2, -0.15) is 4.98 Å². The first-order chi connectivity index (χ1) is 13.2. The first-order valence-corrected chi connectivity index (χ1v) is 8.79. The monoisotopic (exact) mass is 363 g/mol. The second-order valence-electron chi connectivity index (χ2n) is 6.17. The van der Waals surface area contributed by atoms with Crippen LogP contribution in [0.2, 0.25) is 0 Å². The van der Waals surface area contributed by atoms with Gasteiger partial charge in [-0.1, -0.05) is 42.4 Å². The van der Waals surface area contributed by atoms with Crippen LogP contribution in [0, 0.1) is 5.82 Å². The molecule has 0 aliphatic carbocycles. The van der Waals surface area contributed by atoms with Crippen LogP contribution in [-0.4, -0.2) is 20.1 Å². The number of anilines is 1. The van der Waals surface area contributed by atoms with Crippen LogP contribution in [0.15, 0.2) is 59.4 Å². The van der Waals surface area contributed by atoms with Crippen molar-refractivity contribution >= 4 is 16.7 Å². The number of nitrogens with one attached hydrogen (secondary N) is 1. The maximum absolute atomic E-state index is 13.8. The minimum absolute atomic E-state index is 0.346. The molecule has 7 heteroatoms. The third-order valence-corrected chi connectivity index (χ3v) is 4.22. The zero-order valence-electron chi connectivity index (χ0n) is 14.8. The highest BCUT2D eigenvalue weighted by Gasteiger charge is 2.22. The number of aromatic nitrogens is 4.